The van der Waals surface area contributed by atoms with Gasteiger partial charge in [-0.2, -0.15) is 0 Å². The number of rotatable bonds is 4. The van der Waals surface area contributed by atoms with Crippen LogP contribution in [0.25, 0.3) is 12.2 Å². The standard InChI is InChI=1S/C23H19NO3.C6H7NO4/c1-14-8-10-18-20(12-14)27-21-13-15(24(2)3)9-11-19(21)22(18)16-6-4-5-7-17(16)23(25)26;1-4(8)11-7-5(9)2-3-6(7)10/h4-13H,1H2,2-3H3,(H,25,26);2-3H2,1H3/p-1. The molecule has 0 atom stereocenters. The molecule has 0 N–H and O–H groups in total. The van der Waals surface area contributed by atoms with E-state index in [0.717, 1.165) is 34.2 Å². The van der Waals surface area contributed by atoms with Crippen LogP contribution in [-0.2, 0) is 19.2 Å². The first-order valence-electron chi connectivity index (χ1n) is 11.7. The lowest BCUT2D eigenvalue weighted by atomic mass is 9.89. The lowest BCUT2D eigenvalue weighted by molar-refractivity contribution is -0.255. The number of hydrogen-bond acceptors (Lipinski definition) is 8. The highest BCUT2D eigenvalue weighted by Crippen LogP contribution is 2.38. The van der Waals surface area contributed by atoms with Gasteiger partial charge in [0.15, 0.2) is 0 Å². The van der Waals surface area contributed by atoms with Gasteiger partial charge in [0.25, 0.3) is 11.8 Å². The van der Waals surface area contributed by atoms with Crippen molar-refractivity contribution >= 4 is 41.6 Å². The topological polar surface area (TPSA) is 116 Å². The van der Waals surface area contributed by atoms with E-state index in [-0.39, 0.29) is 18.4 Å². The maximum absolute atomic E-state index is 11.7. The van der Waals surface area contributed by atoms with Crippen molar-refractivity contribution in [2.75, 3.05) is 19.0 Å². The van der Waals surface area contributed by atoms with Gasteiger partial charge in [0.1, 0.15) is 11.5 Å². The Balaban J connectivity index is 0.000000257. The Morgan fingerprint density at radius 1 is 0.947 bits per heavy atom. The van der Waals surface area contributed by atoms with E-state index in [1.807, 2.05) is 61.5 Å². The molecule has 0 unspecified atom stereocenters. The Morgan fingerprint density at radius 2 is 1.63 bits per heavy atom. The summed E-state index contributed by atoms with van der Waals surface area (Å²) < 4.78 is 6.15. The molecule has 5 rings (SSSR count). The van der Waals surface area contributed by atoms with Gasteiger partial charge >= 0.3 is 5.97 Å². The zero-order valence-corrected chi connectivity index (χ0v) is 21.1. The van der Waals surface area contributed by atoms with Gasteiger partial charge in [-0.05, 0) is 29.0 Å². The molecule has 9 heteroatoms. The monoisotopic (exact) mass is 513 g/mol. The highest BCUT2D eigenvalue weighted by atomic mass is 16.7. The largest absolute Gasteiger partial charge is 0.545 e. The van der Waals surface area contributed by atoms with Crippen LogP contribution in [0.1, 0.15) is 41.3 Å². The molecule has 9 nitrogen and oxygen atoms in total. The maximum atomic E-state index is 11.7. The van der Waals surface area contributed by atoms with E-state index in [2.05, 4.69) is 11.4 Å². The van der Waals surface area contributed by atoms with Crippen LogP contribution in [0, 0.1) is 0 Å². The summed E-state index contributed by atoms with van der Waals surface area (Å²) in [4.78, 5) is 49.9. The zero-order chi connectivity index (χ0) is 27.6. The molecule has 2 aliphatic rings. The molecule has 3 aromatic rings. The number of carboxylic acid groups (broad SMARTS) is 1. The van der Waals surface area contributed by atoms with Crippen LogP contribution in [0.3, 0.4) is 0 Å². The normalized spacial score (nSPS) is 13.6. The SMILES string of the molecule is C=c1ccc2c(c1)Oc1cc(N(C)C)ccc1C=2c1ccccc1C(=O)[O-].CC(=O)ON1C(=O)CCC1=O. The minimum absolute atomic E-state index is 0.131. The number of nitrogens with zero attached hydrogens (tertiary/aromatic N) is 2. The number of imide groups is 1. The summed E-state index contributed by atoms with van der Waals surface area (Å²) in [5.74, 6) is -1.42. The molecule has 194 valence electrons. The van der Waals surface area contributed by atoms with Crippen molar-refractivity contribution in [3.05, 3.63) is 87.8 Å². The molecule has 2 aliphatic heterocycles. The van der Waals surface area contributed by atoms with Gasteiger partial charge in [-0.3, -0.25) is 9.59 Å². The van der Waals surface area contributed by atoms with Crippen molar-refractivity contribution in [1.29, 1.82) is 0 Å². The van der Waals surface area contributed by atoms with Gasteiger partial charge in [-0.25, -0.2) is 4.79 Å². The first kappa shape index (κ1) is 26.2. The number of hydrogen-bond donors (Lipinski definition) is 0. The molecule has 0 aliphatic carbocycles. The van der Waals surface area contributed by atoms with Gasteiger partial charge < -0.3 is 24.4 Å². The summed E-state index contributed by atoms with van der Waals surface area (Å²) >= 11 is 0. The predicted octanol–water partition coefficient (Wildman–Crippen LogP) is 1.49. The molecule has 0 saturated carbocycles. The third kappa shape index (κ3) is 5.27. The van der Waals surface area contributed by atoms with Gasteiger partial charge in [0, 0.05) is 67.5 Å². The number of carbonyl (C=O) groups excluding carboxylic acids is 4. The fraction of sp³-hybridized carbons (Fsp3) is 0.172. The lowest BCUT2D eigenvalue weighted by Crippen LogP contribution is -2.30. The van der Waals surface area contributed by atoms with Crippen LogP contribution in [0.4, 0.5) is 5.69 Å². The lowest BCUT2D eigenvalue weighted by Gasteiger charge is -2.24. The number of aromatic carboxylic acids is 1. The fourth-order valence-electron chi connectivity index (χ4n) is 4.16. The Kier molecular flexibility index (Phi) is 7.29. The van der Waals surface area contributed by atoms with E-state index in [0.29, 0.717) is 22.1 Å². The van der Waals surface area contributed by atoms with Gasteiger partial charge in [0.2, 0.25) is 0 Å². The zero-order valence-electron chi connectivity index (χ0n) is 21.1. The molecule has 3 aromatic carbocycles. The van der Waals surface area contributed by atoms with Crippen LogP contribution >= 0.6 is 0 Å². The third-order valence-electron chi connectivity index (χ3n) is 5.93. The number of hydroxylamine groups is 2. The summed E-state index contributed by atoms with van der Waals surface area (Å²) in [5, 5.41) is 13.9. The Labute approximate surface area is 218 Å². The molecular formula is C29H25N2O7-. The van der Waals surface area contributed by atoms with Crippen LogP contribution < -0.4 is 25.2 Å². The highest BCUT2D eigenvalue weighted by Gasteiger charge is 2.31. The quantitative estimate of drug-likeness (QED) is 0.377. The van der Waals surface area contributed by atoms with Crippen molar-refractivity contribution in [3.8, 4) is 11.5 Å². The summed E-state index contributed by atoms with van der Waals surface area (Å²) in [6, 6.07) is 18.5. The average molecular weight is 514 g/mol. The third-order valence-corrected chi connectivity index (χ3v) is 5.93. The second-order valence-electron chi connectivity index (χ2n) is 8.88. The van der Waals surface area contributed by atoms with Crippen molar-refractivity contribution < 1.29 is 33.9 Å². The van der Waals surface area contributed by atoms with Crippen LogP contribution in [0.15, 0.2) is 60.7 Å². The second kappa shape index (κ2) is 10.6. The molecule has 2 heterocycles. The van der Waals surface area contributed by atoms with E-state index in [4.69, 9.17) is 4.74 Å². The molecule has 0 aromatic heterocycles. The second-order valence-corrected chi connectivity index (χ2v) is 8.88. The van der Waals surface area contributed by atoms with E-state index in [1.54, 1.807) is 18.2 Å². The molecule has 0 spiro atoms. The fourth-order valence-corrected chi connectivity index (χ4v) is 4.16. The summed E-state index contributed by atoms with van der Waals surface area (Å²) in [7, 11) is 3.92. The van der Waals surface area contributed by atoms with E-state index in [1.165, 1.54) is 0 Å². The summed E-state index contributed by atoms with van der Waals surface area (Å²) in [6.45, 7) is 5.11. The Hall–Kier alpha value is -4.92. The van der Waals surface area contributed by atoms with Crippen molar-refractivity contribution in [1.82, 2.24) is 5.06 Å². The number of carbonyl (C=O) groups is 4. The molecule has 0 bridgehead atoms. The number of amides is 2. The van der Waals surface area contributed by atoms with Crippen LogP contribution in [-0.4, -0.2) is 42.9 Å². The number of benzene rings is 3. The summed E-state index contributed by atoms with van der Waals surface area (Å²) in [5.41, 5.74) is 3.42. The van der Waals surface area contributed by atoms with Gasteiger partial charge in [-0.1, -0.05) is 43.0 Å². The number of fused-ring (bicyclic) bond motifs is 2. The minimum Gasteiger partial charge on any atom is -0.545 e. The number of ether oxygens (including phenoxy) is 1. The number of carboxylic acids is 1. The van der Waals surface area contributed by atoms with Crippen LogP contribution in [0.2, 0.25) is 0 Å². The molecular weight excluding hydrogens is 488 g/mol. The molecule has 1 saturated heterocycles. The van der Waals surface area contributed by atoms with Crippen molar-refractivity contribution in [2.24, 2.45) is 0 Å². The van der Waals surface area contributed by atoms with Crippen molar-refractivity contribution in [2.45, 2.75) is 19.8 Å². The van der Waals surface area contributed by atoms with Gasteiger partial charge in [0.05, 0.1) is 5.97 Å². The molecule has 0 radical (unpaired) electrons. The van der Waals surface area contributed by atoms with Crippen LogP contribution in [0.5, 0.6) is 11.5 Å². The predicted molar refractivity (Wildman–Crippen MR) is 137 cm³/mol. The van der Waals surface area contributed by atoms with E-state index in [9.17, 15) is 24.3 Å². The molecule has 2 amide bonds. The number of anilines is 1. The van der Waals surface area contributed by atoms with E-state index >= 15 is 0 Å². The Bertz CT molecular complexity index is 1560. The van der Waals surface area contributed by atoms with Gasteiger partial charge in [-0.15, -0.1) is 5.06 Å². The summed E-state index contributed by atoms with van der Waals surface area (Å²) in [6.07, 6.45) is 0.262. The first-order chi connectivity index (χ1) is 18.1. The minimum atomic E-state index is -1.20. The van der Waals surface area contributed by atoms with Crippen molar-refractivity contribution in [3.63, 3.8) is 0 Å². The Morgan fingerprint density at radius 3 is 2.26 bits per heavy atom. The molecule has 38 heavy (non-hydrogen) atoms. The highest BCUT2D eigenvalue weighted by molar-refractivity contribution is 6.01. The smallest absolute Gasteiger partial charge is 0.330 e. The molecule has 1 fully saturated rings. The average Bonchev–Trinajstić information content (AvgIpc) is 3.18. The van der Waals surface area contributed by atoms with E-state index < -0.39 is 23.8 Å². The first-order valence-corrected chi connectivity index (χ1v) is 11.7. The maximum Gasteiger partial charge on any atom is 0.330 e.